The Morgan fingerprint density at radius 1 is 0.814 bits per heavy atom. The molecule has 3 rings (SSSR count). The number of aromatic amines is 1. The summed E-state index contributed by atoms with van der Waals surface area (Å²) in [6, 6.07) is 9.67. The number of amides is 3. The molecule has 0 aliphatic heterocycles. The molecule has 6 atom stereocenters. The van der Waals surface area contributed by atoms with E-state index in [1.54, 1.807) is 32.2 Å². The van der Waals surface area contributed by atoms with Crippen molar-refractivity contribution in [3.63, 3.8) is 0 Å². The number of nitrogens with one attached hydrogen (secondary N) is 4. The van der Waals surface area contributed by atoms with Crippen LogP contribution in [0, 0.1) is 11.8 Å². The molecule has 0 saturated heterocycles. The highest BCUT2D eigenvalue weighted by molar-refractivity contribution is 5.94. The van der Waals surface area contributed by atoms with E-state index in [4.69, 9.17) is 5.73 Å². The molecule has 0 radical (unpaired) electrons. The van der Waals surface area contributed by atoms with E-state index in [2.05, 4.69) is 20.9 Å². The van der Waals surface area contributed by atoms with E-state index in [1.165, 1.54) is 12.1 Å². The topological polar surface area (TPSA) is 187 Å². The van der Waals surface area contributed by atoms with Crippen LogP contribution in [0.5, 0.6) is 5.75 Å². The number of phenols is 1. The Hall–Kier alpha value is -4.38. The Morgan fingerprint density at radius 3 is 2.05 bits per heavy atom. The minimum Gasteiger partial charge on any atom is -0.508 e. The molecule has 3 amide bonds. The molecule has 232 valence electrons. The fourth-order valence-electron chi connectivity index (χ4n) is 4.87. The molecule has 8 N–H and O–H groups in total. The van der Waals surface area contributed by atoms with E-state index in [-0.39, 0.29) is 30.4 Å². The summed E-state index contributed by atoms with van der Waals surface area (Å²) in [5.41, 5.74) is 8.74. The third-order valence-corrected chi connectivity index (χ3v) is 8.03. The number of rotatable bonds is 15. The van der Waals surface area contributed by atoms with Gasteiger partial charge in [0.1, 0.15) is 23.9 Å². The maximum Gasteiger partial charge on any atom is 0.326 e. The van der Waals surface area contributed by atoms with E-state index in [0.29, 0.717) is 18.4 Å². The molecule has 1 heterocycles. The number of fused-ring (bicyclic) bond motifs is 1. The van der Waals surface area contributed by atoms with Crippen LogP contribution in [0.3, 0.4) is 0 Å². The van der Waals surface area contributed by atoms with Crippen LogP contribution < -0.4 is 21.7 Å². The third kappa shape index (κ3) is 8.81. The largest absolute Gasteiger partial charge is 0.508 e. The van der Waals surface area contributed by atoms with Crippen LogP contribution in [-0.2, 0) is 32.0 Å². The van der Waals surface area contributed by atoms with Gasteiger partial charge in [-0.25, -0.2) is 4.79 Å². The van der Waals surface area contributed by atoms with Crippen LogP contribution in [0.15, 0.2) is 54.7 Å². The summed E-state index contributed by atoms with van der Waals surface area (Å²) in [5, 5.41) is 28.4. The number of carboxylic acids is 1. The normalized spacial score (nSPS) is 15.5. The average molecular weight is 594 g/mol. The van der Waals surface area contributed by atoms with Gasteiger partial charge in [-0.1, -0.05) is 70.9 Å². The quantitative estimate of drug-likeness (QED) is 0.141. The zero-order valence-corrected chi connectivity index (χ0v) is 25.1. The van der Waals surface area contributed by atoms with E-state index in [1.807, 2.05) is 38.1 Å². The highest BCUT2D eigenvalue weighted by Gasteiger charge is 2.34. The van der Waals surface area contributed by atoms with E-state index in [9.17, 15) is 29.4 Å². The van der Waals surface area contributed by atoms with Crippen LogP contribution in [0.25, 0.3) is 10.9 Å². The maximum atomic E-state index is 13.7. The second-order valence-corrected chi connectivity index (χ2v) is 11.2. The second-order valence-electron chi connectivity index (χ2n) is 11.2. The zero-order chi connectivity index (χ0) is 31.7. The Kier molecular flexibility index (Phi) is 11.7. The predicted molar refractivity (Wildman–Crippen MR) is 164 cm³/mol. The first-order valence-electron chi connectivity index (χ1n) is 14.7. The number of carbonyl (C=O) groups excluding carboxylic acids is 3. The van der Waals surface area contributed by atoms with Gasteiger partial charge in [0.25, 0.3) is 0 Å². The highest BCUT2D eigenvalue weighted by Crippen LogP contribution is 2.19. The Balaban J connectivity index is 1.81. The van der Waals surface area contributed by atoms with Crippen molar-refractivity contribution in [2.24, 2.45) is 17.6 Å². The van der Waals surface area contributed by atoms with Gasteiger partial charge in [-0.15, -0.1) is 0 Å². The highest BCUT2D eigenvalue weighted by atomic mass is 16.4. The van der Waals surface area contributed by atoms with Gasteiger partial charge in [0.2, 0.25) is 17.7 Å². The second kappa shape index (κ2) is 15.2. The molecule has 0 bridgehead atoms. The van der Waals surface area contributed by atoms with Gasteiger partial charge in [0, 0.05) is 23.5 Å². The molecule has 43 heavy (non-hydrogen) atoms. The summed E-state index contributed by atoms with van der Waals surface area (Å²) in [7, 11) is 0. The SMILES string of the molecule is CCC(C)C(NC(=O)C(NC(=O)C(Cc1ccc(O)cc1)NC(=O)C(N)Cc1c[nH]c2ccccc12)C(C)CC)C(=O)O. The number of para-hydroxylation sites is 1. The first-order valence-corrected chi connectivity index (χ1v) is 14.7. The van der Waals surface area contributed by atoms with Gasteiger partial charge in [-0.05, 0) is 47.6 Å². The Bertz CT molecular complexity index is 1400. The lowest BCUT2D eigenvalue weighted by molar-refractivity contribution is -0.144. The molecule has 0 fully saturated rings. The van der Waals surface area contributed by atoms with E-state index < -0.39 is 47.9 Å². The lowest BCUT2D eigenvalue weighted by Crippen LogP contribution is -2.59. The monoisotopic (exact) mass is 593 g/mol. The number of nitrogens with two attached hydrogens (primary N) is 1. The van der Waals surface area contributed by atoms with Crippen molar-refractivity contribution in [2.75, 3.05) is 0 Å². The van der Waals surface area contributed by atoms with E-state index in [0.717, 1.165) is 16.5 Å². The number of benzene rings is 2. The standard InChI is InChI=1S/C32H43N5O6/c1-5-18(3)27(31(41)37-28(32(42)43)19(4)6-2)36-30(40)26(15-20-11-13-22(38)14-12-20)35-29(39)24(33)16-21-17-34-25-10-8-7-9-23(21)25/h7-14,17-19,24,26-28,34,38H,5-6,15-16,33H2,1-4H3,(H,35,39)(H,36,40)(H,37,41)(H,42,43). The minimum atomic E-state index is -1.15. The van der Waals surface area contributed by atoms with Gasteiger partial charge in [-0.2, -0.15) is 0 Å². The average Bonchev–Trinajstić information content (AvgIpc) is 3.40. The van der Waals surface area contributed by atoms with Crippen molar-refractivity contribution in [1.82, 2.24) is 20.9 Å². The minimum absolute atomic E-state index is 0.0531. The molecule has 6 unspecified atom stereocenters. The molecule has 3 aromatic rings. The molecule has 1 aromatic heterocycles. The van der Waals surface area contributed by atoms with Gasteiger partial charge in [-0.3, -0.25) is 14.4 Å². The van der Waals surface area contributed by atoms with E-state index >= 15 is 0 Å². The number of hydrogen-bond donors (Lipinski definition) is 7. The summed E-state index contributed by atoms with van der Waals surface area (Å²) < 4.78 is 0. The number of phenolic OH excluding ortho intramolecular Hbond substituents is 1. The summed E-state index contributed by atoms with van der Waals surface area (Å²) in [5.74, 6) is -3.52. The maximum absolute atomic E-state index is 13.7. The van der Waals surface area contributed by atoms with Gasteiger partial charge < -0.3 is 36.9 Å². The molecule has 0 saturated carbocycles. The summed E-state index contributed by atoms with van der Waals surface area (Å²) >= 11 is 0. The molecule has 11 heteroatoms. The number of carboxylic acid groups (broad SMARTS) is 1. The number of aromatic hydroxyl groups is 1. The number of hydrogen-bond acceptors (Lipinski definition) is 6. The van der Waals surface area contributed by atoms with Crippen molar-refractivity contribution in [2.45, 2.75) is 77.5 Å². The number of H-pyrrole nitrogens is 1. The third-order valence-electron chi connectivity index (χ3n) is 8.03. The lowest BCUT2D eigenvalue weighted by Gasteiger charge is -2.29. The molecule has 11 nitrogen and oxygen atoms in total. The summed E-state index contributed by atoms with van der Waals surface area (Å²) in [4.78, 5) is 55.3. The van der Waals surface area contributed by atoms with Crippen molar-refractivity contribution in [3.8, 4) is 5.75 Å². The van der Waals surface area contributed by atoms with Crippen molar-refractivity contribution in [1.29, 1.82) is 0 Å². The molecular weight excluding hydrogens is 550 g/mol. The van der Waals surface area contributed by atoms with Crippen molar-refractivity contribution < 1.29 is 29.4 Å². The van der Waals surface area contributed by atoms with Crippen LogP contribution >= 0.6 is 0 Å². The van der Waals surface area contributed by atoms with Crippen LogP contribution in [0.4, 0.5) is 0 Å². The van der Waals surface area contributed by atoms with Crippen LogP contribution in [0.1, 0.15) is 51.7 Å². The molecule has 0 aliphatic carbocycles. The van der Waals surface area contributed by atoms with Crippen molar-refractivity contribution >= 4 is 34.6 Å². The zero-order valence-electron chi connectivity index (χ0n) is 25.1. The number of aliphatic carboxylic acids is 1. The van der Waals surface area contributed by atoms with Gasteiger partial charge in [0.05, 0.1) is 6.04 Å². The smallest absolute Gasteiger partial charge is 0.326 e. The predicted octanol–water partition coefficient (Wildman–Crippen LogP) is 2.62. The molecule has 0 spiro atoms. The fourth-order valence-corrected chi connectivity index (χ4v) is 4.87. The molecular formula is C32H43N5O6. The fraction of sp³-hybridized carbons (Fsp3) is 0.438. The number of aromatic nitrogens is 1. The van der Waals surface area contributed by atoms with Crippen molar-refractivity contribution in [3.05, 3.63) is 65.9 Å². The van der Waals surface area contributed by atoms with Crippen LogP contribution in [-0.4, -0.2) is 63.1 Å². The summed E-state index contributed by atoms with van der Waals surface area (Å²) in [6.45, 7) is 7.22. The summed E-state index contributed by atoms with van der Waals surface area (Å²) in [6.07, 6.45) is 3.17. The Labute approximate surface area is 251 Å². The molecule has 2 aromatic carbocycles. The lowest BCUT2D eigenvalue weighted by atomic mass is 9.94. The number of carbonyl (C=O) groups is 4. The van der Waals surface area contributed by atoms with Crippen LogP contribution in [0.2, 0.25) is 0 Å². The first kappa shape index (κ1) is 33.1. The Morgan fingerprint density at radius 2 is 1.42 bits per heavy atom. The first-order chi connectivity index (χ1) is 20.4. The van der Waals surface area contributed by atoms with Gasteiger partial charge >= 0.3 is 5.97 Å². The molecule has 0 aliphatic rings. The van der Waals surface area contributed by atoms with Gasteiger partial charge in [0.15, 0.2) is 0 Å².